The summed E-state index contributed by atoms with van der Waals surface area (Å²) in [6.07, 6.45) is 3.98. The van der Waals surface area contributed by atoms with Crippen molar-refractivity contribution >= 4 is 59.5 Å². The van der Waals surface area contributed by atoms with E-state index < -0.39 is 0 Å². The summed E-state index contributed by atoms with van der Waals surface area (Å²) in [5.74, 6) is 1.67. The zero-order chi connectivity index (χ0) is 24.9. The summed E-state index contributed by atoms with van der Waals surface area (Å²) in [6, 6.07) is 25.1. The highest BCUT2D eigenvalue weighted by Crippen LogP contribution is 2.29. The first-order valence-electron chi connectivity index (χ1n) is 12.0. The number of hydrogen-bond acceptors (Lipinski definition) is 4. The number of hydrogen-bond donors (Lipinski definition) is 3. The standard InChI is InChI=1S/C29H28Br2N4O/c1-36-28-17-29(35-26-10-5-3-8-23(26)28)33-12-6-11-32-27(15-19-13-20(30)16-21(31)14-19)24-18-34-25-9-4-2-7-22(24)25/h2-5,7-10,13-14,16-18,27,32,34H,6,11-12,15H2,1H3,(H,33,35). The average molecular weight is 608 g/mol. The van der Waals surface area contributed by atoms with Crippen molar-refractivity contribution in [3.05, 3.63) is 99.1 Å². The Morgan fingerprint density at radius 3 is 2.47 bits per heavy atom. The Labute approximate surface area is 227 Å². The van der Waals surface area contributed by atoms with E-state index in [9.17, 15) is 0 Å². The lowest BCUT2D eigenvalue weighted by atomic mass is 9.98. The van der Waals surface area contributed by atoms with Crippen LogP contribution in [-0.2, 0) is 6.42 Å². The normalized spacial score (nSPS) is 12.2. The van der Waals surface area contributed by atoms with Crippen LogP contribution >= 0.6 is 31.9 Å². The highest BCUT2D eigenvalue weighted by Gasteiger charge is 2.17. The van der Waals surface area contributed by atoms with Gasteiger partial charge in [0.1, 0.15) is 11.6 Å². The Bertz CT molecular complexity index is 1460. The van der Waals surface area contributed by atoms with E-state index in [4.69, 9.17) is 9.72 Å². The van der Waals surface area contributed by atoms with Gasteiger partial charge in [-0.1, -0.05) is 62.2 Å². The van der Waals surface area contributed by atoms with Crippen LogP contribution in [0.1, 0.15) is 23.6 Å². The first kappa shape index (κ1) is 24.8. The number of ether oxygens (including phenoxy) is 1. The zero-order valence-corrected chi connectivity index (χ0v) is 23.2. The molecular weight excluding hydrogens is 580 g/mol. The van der Waals surface area contributed by atoms with Gasteiger partial charge in [-0.15, -0.1) is 0 Å². The van der Waals surface area contributed by atoms with E-state index in [0.717, 1.165) is 62.9 Å². The van der Waals surface area contributed by atoms with Gasteiger partial charge in [0.25, 0.3) is 0 Å². The van der Waals surface area contributed by atoms with Crippen LogP contribution in [0.3, 0.4) is 0 Å². The Morgan fingerprint density at radius 1 is 0.917 bits per heavy atom. The van der Waals surface area contributed by atoms with Gasteiger partial charge in [0, 0.05) is 50.1 Å². The van der Waals surface area contributed by atoms with Gasteiger partial charge >= 0.3 is 0 Å². The summed E-state index contributed by atoms with van der Waals surface area (Å²) in [7, 11) is 1.70. The molecule has 1 unspecified atom stereocenters. The predicted octanol–water partition coefficient (Wildman–Crippen LogP) is 7.63. The van der Waals surface area contributed by atoms with Crippen molar-refractivity contribution in [1.82, 2.24) is 15.3 Å². The topological polar surface area (TPSA) is 62.0 Å². The van der Waals surface area contributed by atoms with E-state index in [1.165, 1.54) is 16.5 Å². The number of aromatic nitrogens is 2. The quantitative estimate of drug-likeness (QED) is 0.143. The van der Waals surface area contributed by atoms with Crippen LogP contribution in [0.2, 0.25) is 0 Å². The maximum absolute atomic E-state index is 5.57. The molecule has 0 radical (unpaired) electrons. The first-order chi connectivity index (χ1) is 17.6. The Kier molecular flexibility index (Phi) is 7.90. The number of H-pyrrole nitrogens is 1. The fourth-order valence-corrected chi connectivity index (χ4v) is 6.01. The number of benzene rings is 3. The molecule has 3 N–H and O–H groups in total. The minimum absolute atomic E-state index is 0.182. The molecule has 5 rings (SSSR count). The number of para-hydroxylation sites is 2. The minimum Gasteiger partial charge on any atom is -0.496 e. The number of pyridine rings is 1. The molecule has 5 aromatic rings. The molecule has 0 fully saturated rings. The predicted molar refractivity (Wildman–Crippen MR) is 156 cm³/mol. The van der Waals surface area contributed by atoms with Crippen molar-refractivity contribution in [2.24, 2.45) is 0 Å². The van der Waals surface area contributed by atoms with E-state index >= 15 is 0 Å². The van der Waals surface area contributed by atoms with Crippen LogP contribution in [0.25, 0.3) is 21.8 Å². The molecule has 0 aliphatic rings. The lowest BCUT2D eigenvalue weighted by molar-refractivity contribution is 0.419. The summed E-state index contributed by atoms with van der Waals surface area (Å²) >= 11 is 7.26. The number of methoxy groups -OCH3 is 1. The fraction of sp³-hybridized carbons (Fsp3) is 0.207. The summed E-state index contributed by atoms with van der Waals surface area (Å²) in [4.78, 5) is 8.17. The SMILES string of the molecule is COc1cc(NCCCNC(Cc2cc(Br)cc(Br)c2)c2c[nH]c3ccccc23)nc2ccccc12. The number of anilines is 1. The smallest absolute Gasteiger partial charge is 0.131 e. The molecule has 0 aliphatic carbocycles. The minimum atomic E-state index is 0.182. The highest BCUT2D eigenvalue weighted by atomic mass is 79.9. The highest BCUT2D eigenvalue weighted by molar-refractivity contribution is 9.11. The lowest BCUT2D eigenvalue weighted by Crippen LogP contribution is -2.25. The van der Waals surface area contributed by atoms with Crippen molar-refractivity contribution in [2.45, 2.75) is 18.9 Å². The molecule has 0 saturated carbocycles. The molecule has 2 aromatic heterocycles. The van der Waals surface area contributed by atoms with E-state index in [1.54, 1.807) is 7.11 Å². The van der Waals surface area contributed by atoms with Gasteiger partial charge in [-0.3, -0.25) is 0 Å². The number of fused-ring (bicyclic) bond motifs is 2. The van der Waals surface area contributed by atoms with Crippen LogP contribution in [0.4, 0.5) is 5.82 Å². The fourth-order valence-electron chi connectivity index (χ4n) is 4.62. The molecule has 0 saturated heterocycles. The van der Waals surface area contributed by atoms with Crippen LogP contribution in [0.15, 0.2) is 87.9 Å². The number of rotatable bonds is 10. The van der Waals surface area contributed by atoms with E-state index in [-0.39, 0.29) is 6.04 Å². The molecule has 1 atom stereocenters. The van der Waals surface area contributed by atoms with Crippen molar-refractivity contribution in [2.75, 3.05) is 25.5 Å². The molecular formula is C29H28Br2N4O. The summed E-state index contributed by atoms with van der Waals surface area (Å²) in [6.45, 7) is 1.68. The Hall–Kier alpha value is -2.87. The third-order valence-electron chi connectivity index (χ3n) is 6.31. The number of nitrogens with zero attached hydrogens (tertiary/aromatic N) is 1. The van der Waals surface area contributed by atoms with Crippen molar-refractivity contribution < 1.29 is 4.74 Å². The van der Waals surface area contributed by atoms with E-state index in [1.807, 2.05) is 30.3 Å². The van der Waals surface area contributed by atoms with E-state index in [2.05, 4.69) is 96.1 Å². The maximum atomic E-state index is 5.57. The van der Waals surface area contributed by atoms with E-state index in [0.29, 0.717) is 0 Å². The van der Waals surface area contributed by atoms with Crippen LogP contribution < -0.4 is 15.4 Å². The Morgan fingerprint density at radius 2 is 1.67 bits per heavy atom. The van der Waals surface area contributed by atoms with Crippen LogP contribution in [0.5, 0.6) is 5.75 Å². The molecule has 0 amide bonds. The molecule has 0 aliphatic heterocycles. The first-order valence-corrected chi connectivity index (χ1v) is 13.6. The molecule has 3 aromatic carbocycles. The molecule has 5 nitrogen and oxygen atoms in total. The van der Waals surface area contributed by atoms with Gasteiger partial charge < -0.3 is 20.4 Å². The van der Waals surface area contributed by atoms with Crippen LogP contribution in [-0.4, -0.2) is 30.2 Å². The molecule has 7 heteroatoms. The summed E-state index contributed by atoms with van der Waals surface area (Å²) < 4.78 is 7.73. The van der Waals surface area contributed by atoms with Gasteiger partial charge in [-0.25, -0.2) is 4.98 Å². The molecule has 184 valence electrons. The largest absolute Gasteiger partial charge is 0.496 e. The second-order valence-electron chi connectivity index (χ2n) is 8.79. The monoisotopic (exact) mass is 606 g/mol. The number of halogens is 2. The number of aromatic amines is 1. The third kappa shape index (κ3) is 5.75. The van der Waals surface area contributed by atoms with Gasteiger partial charge in [0.2, 0.25) is 0 Å². The van der Waals surface area contributed by atoms with Crippen LogP contribution in [0, 0.1) is 0 Å². The summed E-state index contributed by atoms with van der Waals surface area (Å²) in [5.41, 5.74) is 4.64. The Balaban J connectivity index is 1.26. The molecule has 36 heavy (non-hydrogen) atoms. The van der Waals surface area contributed by atoms with Gasteiger partial charge in [0.15, 0.2) is 0 Å². The third-order valence-corrected chi connectivity index (χ3v) is 7.22. The zero-order valence-electron chi connectivity index (χ0n) is 20.0. The second-order valence-corrected chi connectivity index (χ2v) is 10.6. The number of nitrogens with one attached hydrogen (secondary N) is 3. The second kappa shape index (κ2) is 11.5. The maximum Gasteiger partial charge on any atom is 0.131 e. The lowest BCUT2D eigenvalue weighted by Gasteiger charge is -2.20. The molecule has 0 spiro atoms. The van der Waals surface area contributed by atoms with Crippen molar-refractivity contribution in [3.8, 4) is 5.75 Å². The van der Waals surface area contributed by atoms with Crippen molar-refractivity contribution in [3.63, 3.8) is 0 Å². The molecule has 0 bridgehead atoms. The van der Waals surface area contributed by atoms with Crippen molar-refractivity contribution in [1.29, 1.82) is 0 Å². The average Bonchev–Trinajstić information content (AvgIpc) is 3.31. The summed E-state index contributed by atoms with van der Waals surface area (Å²) in [5, 5.41) is 9.55. The van der Waals surface area contributed by atoms with Gasteiger partial charge in [-0.05, 0) is 66.9 Å². The van der Waals surface area contributed by atoms with Gasteiger partial charge in [-0.2, -0.15) is 0 Å². The molecule has 2 heterocycles. The van der Waals surface area contributed by atoms with Gasteiger partial charge in [0.05, 0.1) is 12.6 Å².